The van der Waals surface area contributed by atoms with Gasteiger partial charge in [-0.05, 0) is 51.2 Å². The highest BCUT2D eigenvalue weighted by atomic mass is 32.1. The van der Waals surface area contributed by atoms with E-state index in [-0.39, 0.29) is 12.1 Å². The first-order valence-corrected chi connectivity index (χ1v) is 10.1. The lowest BCUT2D eigenvalue weighted by molar-refractivity contribution is 0.244. The maximum absolute atomic E-state index is 12.2. The van der Waals surface area contributed by atoms with E-state index in [9.17, 15) is 4.79 Å². The van der Waals surface area contributed by atoms with Crippen molar-refractivity contribution in [1.29, 1.82) is 0 Å². The summed E-state index contributed by atoms with van der Waals surface area (Å²) in [6.45, 7) is 0.574. The zero-order valence-electron chi connectivity index (χ0n) is 14.2. The van der Waals surface area contributed by atoms with E-state index in [1.807, 2.05) is 20.2 Å². The lowest BCUT2D eigenvalue weighted by Gasteiger charge is -2.23. The zero-order chi connectivity index (χ0) is 16.9. The van der Waals surface area contributed by atoms with Crippen molar-refractivity contribution in [3.63, 3.8) is 0 Å². The number of amides is 2. The van der Waals surface area contributed by atoms with Crippen molar-refractivity contribution in [2.45, 2.75) is 38.1 Å². The maximum atomic E-state index is 12.2. The molecule has 1 aliphatic carbocycles. The van der Waals surface area contributed by atoms with Gasteiger partial charge in [-0.15, -0.1) is 22.7 Å². The molecule has 24 heavy (non-hydrogen) atoms. The highest BCUT2D eigenvalue weighted by molar-refractivity contribution is 7.15. The lowest BCUT2D eigenvalue weighted by atomic mass is 10.2. The maximum Gasteiger partial charge on any atom is 0.321 e. The van der Waals surface area contributed by atoms with Crippen LogP contribution >= 0.6 is 22.7 Å². The fraction of sp³-hybridized carbons (Fsp3) is 0.529. The summed E-state index contributed by atoms with van der Waals surface area (Å²) >= 11 is 3.34. The minimum absolute atomic E-state index is 0.178. The Hall–Kier alpha value is -1.44. The van der Waals surface area contributed by atoms with Crippen molar-refractivity contribution in [1.82, 2.24) is 15.2 Å². The number of nitrogens with one attached hydrogen (secondary N) is 2. The van der Waals surface area contributed by atoms with Gasteiger partial charge in [0.15, 0.2) is 5.13 Å². The molecule has 7 heteroatoms. The number of thiophene rings is 1. The topological polar surface area (TPSA) is 57.3 Å². The third-order valence-corrected chi connectivity index (χ3v) is 6.31. The van der Waals surface area contributed by atoms with E-state index >= 15 is 0 Å². The number of hydrogen-bond donors (Lipinski definition) is 2. The van der Waals surface area contributed by atoms with Gasteiger partial charge in [0, 0.05) is 16.3 Å². The molecular weight excluding hydrogens is 340 g/mol. The molecule has 0 aliphatic heterocycles. The van der Waals surface area contributed by atoms with Crippen LogP contribution in [0.5, 0.6) is 0 Å². The van der Waals surface area contributed by atoms with Gasteiger partial charge in [0.1, 0.15) is 0 Å². The average molecular weight is 365 g/mol. The third kappa shape index (κ3) is 4.34. The highest BCUT2D eigenvalue weighted by Gasteiger charge is 2.18. The molecule has 1 aliphatic rings. The number of aryl methyl sites for hydroxylation is 2. The average Bonchev–Trinajstić information content (AvgIpc) is 3.13. The van der Waals surface area contributed by atoms with Crippen molar-refractivity contribution < 1.29 is 4.79 Å². The molecule has 0 spiro atoms. The van der Waals surface area contributed by atoms with Crippen LogP contribution in [0.1, 0.15) is 40.8 Å². The molecule has 2 aromatic heterocycles. The van der Waals surface area contributed by atoms with Gasteiger partial charge in [0.2, 0.25) is 0 Å². The van der Waals surface area contributed by atoms with Crippen molar-refractivity contribution in [2.75, 3.05) is 26.0 Å². The molecule has 2 N–H and O–H groups in total. The van der Waals surface area contributed by atoms with E-state index in [0.717, 1.165) is 18.0 Å². The third-order valence-electron chi connectivity index (χ3n) is 4.27. The number of carbonyl (C=O) groups excluding carboxylic acids is 1. The number of rotatable bonds is 5. The van der Waals surface area contributed by atoms with Crippen LogP contribution in [0, 0.1) is 0 Å². The molecule has 0 aromatic carbocycles. The molecule has 0 fully saturated rings. The van der Waals surface area contributed by atoms with Crippen LogP contribution in [0.2, 0.25) is 0 Å². The van der Waals surface area contributed by atoms with E-state index in [1.165, 1.54) is 34.7 Å². The van der Waals surface area contributed by atoms with Crippen LogP contribution in [0.4, 0.5) is 9.93 Å². The molecule has 5 nitrogen and oxygen atoms in total. The van der Waals surface area contributed by atoms with Gasteiger partial charge < -0.3 is 10.2 Å². The first kappa shape index (κ1) is 17.4. The van der Waals surface area contributed by atoms with E-state index in [4.69, 9.17) is 0 Å². The van der Waals surface area contributed by atoms with Gasteiger partial charge in [-0.25, -0.2) is 9.78 Å². The summed E-state index contributed by atoms with van der Waals surface area (Å²) in [5, 5.41) is 8.66. The summed E-state index contributed by atoms with van der Waals surface area (Å²) in [4.78, 5) is 21.5. The Bertz CT molecular complexity index is 643. The SMILES string of the molecule is CN(C)C(CNC(=O)Nc1nc2c(s1)CCCCC2)c1cccs1. The van der Waals surface area contributed by atoms with E-state index < -0.39 is 0 Å². The molecule has 1 unspecified atom stereocenters. The second kappa shape index (κ2) is 8.09. The number of likely N-dealkylation sites (N-methyl/N-ethyl adjacent to an activating group) is 1. The molecule has 2 heterocycles. The van der Waals surface area contributed by atoms with E-state index in [1.54, 1.807) is 22.7 Å². The van der Waals surface area contributed by atoms with Gasteiger partial charge in [-0.1, -0.05) is 12.5 Å². The summed E-state index contributed by atoms with van der Waals surface area (Å²) in [5.74, 6) is 0. The number of nitrogens with zero attached hydrogens (tertiary/aromatic N) is 2. The monoisotopic (exact) mass is 364 g/mol. The number of fused-ring (bicyclic) bond motifs is 1. The largest absolute Gasteiger partial charge is 0.336 e. The molecule has 0 radical (unpaired) electrons. The van der Waals surface area contributed by atoms with Gasteiger partial charge in [-0.3, -0.25) is 5.32 Å². The summed E-state index contributed by atoms with van der Waals surface area (Å²) in [7, 11) is 4.06. The van der Waals surface area contributed by atoms with Crippen LogP contribution in [-0.2, 0) is 12.8 Å². The normalized spacial score (nSPS) is 15.6. The molecule has 2 aromatic rings. The zero-order valence-corrected chi connectivity index (χ0v) is 15.8. The fourth-order valence-corrected chi connectivity index (χ4v) is 4.90. The molecule has 0 bridgehead atoms. The Kier molecular flexibility index (Phi) is 5.86. The summed E-state index contributed by atoms with van der Waals surface area (Å²) < 4.78 is 0. The summed E-state index contributed by atoms with van der Waals surface area (Å²) in [6, 6.07) is 4.15. The number of hydrogen-bond acceptors (Lipinski definition) is 5. The Morgan fingerprint density at radius 3 is 2.92 bits per heavy atom. The van der Waals surface area contributed by atoms with Gasteiger partial charge in [0.25, 0.3) is 0 Å². The van der Waals surface area contributed by atoms with Crippen LogP contribution < -0.4 is 10.6 Å². The number of thiazole rings is 1. The Morgan fingerprint density at radius 1 is 1.33 bits per heavy atom. The molecular formula is C17H24N4OS2. The van der Waals surface area contributed by atoms with E-state index in [0.29, 0.717) is 6.54 Å². The van der Waals surface area contributed by atoms with Gasteiger partial charge >= 0.3 is 6.03 Å². The predicted octanol–water partition coefficient (Wildman–Crippen LogP) is 3.90. The first-order valence-electron chi connectivity index (χ1n) is 8.36. The molecule has 2 amide bonds. The number of anilines is 1. The molecule has 0 saturated heterocycles. The molecule has 130 valence electrons. The number of aromatic nitrogens is 1. The predicted molar refractivity (Wildman–Crippen MR) is 101 cm³/mol. The lowest BCUT2D eigenvalue weighted by Crippen LogP contribution is -2.36. The Labute approximate surface area is 151 Å². The minimum atomic E-state index is -0.178. The van der Waals surface area contributed by atoms with Crippen molar-refractivity contribution >= 4 is 33.8 Å². The van der Waals surface area contributed by atoms with Crippen molar-refractivity contribution in [3.05, 3.63) is 33.0 Å². The van der Waals surface area contributed by atoms with Crippen LogP contribution in [0.15, 0.2) is 17.5 Å². The Balaban J connectivity index is 1.55. The number of carbonyl (C=O) groups is 1. The van der Waals surface area contributed by atoms with Crippen molar-refractivity contribution in [3.8, 4) is 0 Å². The molecule has 1 atom stereocenters. The summed E-state index contributed by atoms with van der Waals surface area (Å²) in [6.07, 6.45) is 5.84. The highest BCUT2D eigenvalue weighted by Crippen LogP contribution is 2.29. The van der Waals surface area contributed by atoms with Gasteiger partial charge in [-0.2, -0.15) is 0 Å². The van der Waals surface area contributed by atoms with Crippen LogP contribution in [0.3, 0.4) is 0 Å². The second-order valence-electron chi connectivity index (χ2n) is 6.28. The fourth-order valence-electron chi connectivity index (χ4n) is 2.93. The smallest absolute Gasteiger partial charge is 0.321 e. The van der Waals surface area contributed by atoms with E-state index in [2.05, 4.69) is 32.0 Å². The van der Waals surface area contributed by atoms with Gasteiger partial charge in [0.05, 0.1) is 11.7 Å². The molecule has 0 saturated carbocycles. The Morgan fingerprint density at radius 2 is 2.17 bits per heavy atom. The van der Waals surface area contributed by atoms with Crippen molar-refractivity contribution in [2.24, 2.45) is 0 Å². The van der Waals surface area contributed by atoms with Crippen LogP contribution in [0.25, 0.3) is 0 Å². The second-order valence-corrected chi connectivity index (χ2v) is 8.34. The number of urea groups is 1. The first-order chi connectivity index (χ1) is 11.6. The minimum Gasteiger partial charge on any atom is -0.336 e. The molecule has 3 rings (SSSR count). The standard InChI is InChI=1S/C17H24N4OS2/c1-21(2)13(15-9-6-10-23-15)11-18-16(22)20-17-19-12-7-4-3-5-8-14(12)24-17/h6,9-10,13H,3-5,7-8,11H2,1-2H3,(H2,18,19,20,22). The quantitative estimate of drug-likeness (QED) is 0.791. The summed E-state index contributed by atoms with van der Waals surface area (Å²) in [5.41, 5.74) is 1.18. The van der Waals surface area contributed by atoms with Crippen LogP contribution in [-0.4, -0.2) is 36.6 Å².